The number of benzene rings is 2. The quantitative estimate of drug-likeness (QED) is 0.464. The lowest BCUT2D eigenvalue weighted by Gasteiger charge is -2.27. The summed E-state index contributed by atoms with van der Waals surface area (Å²) in [5, 5.41) is 3.75. The number of halogens is 2. The van der Waals surface area contributed by atoms with E-state index in [9.17, 15) is 8.42 Å². The highest BCUT2D eigenvalue weighted by atomic mass is 35.5. The van der Waals surface area contributed by atoms with Gasteiger partial charge < -0.3 is 10.2 Å². The van der Waals surface area contributed by atoms with E-state index >= 15 is 0 Å². The van der Waals surface area contributed by atoms with E-state index in [0.29, 0.717) is 16.5 Å². The SMILES string of the molecule is Cc1cc(Nc2ccc(NS(=O)(=O)c3ccc(Cl)c(Cl)c3)cc2)nc(N2CCCCC2)n1. The molecule has 0 radical (unpaired) electrons. The summed E-state index contributed by atoms with van der Waals surface area (Å²) in [5.41, 5.74) is 2.09. The Hall–Kier alpha value is -2.55. The van der Waals surface area contributed by atoms with Gasteiger partial charge in [0.05, 0.1) is 14.9 Å². The van der Waals surface area contributed by atoms with Crippen LogP contribution in [0, 0.1) is 6.92 Å². The zero-order valence-electron chi connectivity index (χ0n) is 17.5. The number of sulfonamides is 1. The van der Waals surface area contributed by atoms with Gasteiger partial charge in [-0.25, -0.2) is 13.4 Å². The standard InChI is InChI=1S/C22H23Cl2N5O2S/c1-15-13-21(27-22(25-15)29-11-3-2-4-12-29)26-16-5-7-17(8-6-16)28-32(30,31)18-9-10-19(23)20(24)14-18/h5-10,13-14,28H,2-4,11-12H2,1H3,(H,25,26,27). The molecule has 1 aliphatic rings. The van der Waals surface area contributed by atoms with Crippen LogP contribution in [0.4, 0.5) is 23.1 Å². The number of piperidine rings is 1. The van der Waals surface area contributed by atoms with Crippen molar-refractivity contribution < 1.29 is 8.42 Å². The molecule has 3 aromatic rings. The molecule has 10 heteroatoms. The van der Waals surface area contributed by atoms with Gasteiger partial charge in [0.1, 0.15) is 5.82 Å². The van der Waals surface area contributed by atoms with E-state index in [4.69, 9.17) is 23.2 Å². The summed E-state index contributed by atoms with van der Waals surface area (Å²) in [4.78, 5) is 11.5. The van der Waals surface area contributed by atoms with Crippen LogP contribution in [-0.2, 0) is 10.0 Å². The predicted molar refractivity (Wildman–Crippen MR) is 130 cm³/mol. The maximum Gasteiger partial charge on any atom is 0.261 e. The molecule has 0 atom stereocenters. The highest BCUT2D eigenvalue weighted by molar-refractivity contribution is 7.92. The number of hydrogen-bond donors (Lipinski definition) is 2. The Bertz CT molecular complexity index is 1210. The second-order valence-corrected chi connectivity index (χ2v) is 10.1. The van der Waals surface area contributed by atoms with Gasteiger partial charge >= 0.3 is 0 Å². The van der Waals surface area contributed by atoms with Crippen molar-refractivity contribution in [1.82, 2.24) is 9.97 Å². The molecule has 32 heavy (non-hydrogen) atoms. The van der Waals surface area contributed by atoms with Gasteiger partial charge in [0.25, 0.3) is 10.0 Å². The minimum atomic E-state index is -3.79. The van der Waals surface area contributed by atoms with Crippen LogP contribution in [0.2, 0.25) is 10.0 Å². The van der Waals surface area contributed by atoms with Crippen molar-refractivity contribution >= 4 is 56.4 Å². The molecule has 1 fully saturated rings. The Labute approximate surface area is 197 Å². The molecular formula is C22H23Cl2N5O2S. The molecule has 0 bridgehead atoms. The third-order valence-corrected chi connectivity index (χ3v) is 7.21. The van der Waals surface area contributed by atoms with Crippen LogP contribution in [0.1, 0.15) is 25.0 Å². The minimum absolute atomic E-state index is 0.0378. The molecule has 1 saturated heterocycles. The Kier molecular flexibility index (Phi) is 6.74. The number of anilines is 4. The average Bonchev–Trinajstić information content (AvgIpc) is 2.77. The van der Waals surface area contributed by atoms with Gasteiger partial charge in [-0.3, -0.25) is 4.72 Å². The normalized spacial score (nSPS) is 14.3. The number of nitrogens with one attached hydrogen (secondary N) is 2. The number of aromatic nitrogens is 2. The third kappa shape index (κ3) is 5.43. The van der Waals surface area contributed by atoms with Gasteiger partial charge in [0.2, 0.25) is 5.95 Å². The Morgan fingerprint density at radius 2 is 1.56 bits per heavy atom. The second-order valence-electron chi connectivity index (χ2n) is 7.63. The van der Waals surface area contributed by atoms with Crippen molar-refractivity contribution in [1.29, 1.82) is 0 Å². The van der Waals surface area contributed by atoms with Crippen LogP contribution in [0.5, 0.6) is 0 Å². The average molecular weight is 492 g/mol. The third-order valence-electron chi connectivity index (χ3n) is 5.09. The highest BCUT2D eigenvalue weighted by Crippen LogP contribution is 2.27. The summed E-state index contributed by atoms with van der Waals surface area (Å²) >= 11 is 11.8. The van der Waals surface area contributed by atoms with Crippen molar-refractivity contribution in [2.45, 2.75) is 31.1 Å². The van der Waals surface area contributed by atoms with Crippen molar-refractivity contribution in [3.05, 3.63) is 64.3 Å². The van der Waals surface area contributed by atoms with Gasteiger partial charge in [-0.05, 0) is 68.7 Å². The van der Waals surface area contributed by atoms with Gasteiger partial charge in [-0.15, -0.1) is 0 Å². The largest absolute Gasteiger partial charge is 0.341 e. The molecule has 7 nitrogen and oxygen atoms in total. The molecule has 1 aromatic heterocycles. The molecule has 0 aliphatic carbocycles. The monoisotopic (exact) mass is 491 g/mol. The number of nitrogens with zero attached hydrogens (tertiary/aromatic N) is 3. The summed E-state index contributed by atoms with van der Waals surface area (Å²) in [6.45, 7) is 3.88. The maximum atomic E-state index is 12.6. The van der Waals surface area contributed by atoms with Crippen molar-refractivity contribution in [2.75, 3.05) is 28.0 Å². The van der Waals surface area contributed by atoms with Crippen molar-refractivity contribution in [3.63, 3.8) is 0 Å². The fraction of sp³-hybridized carbons (Fsp3) is 0.273. The van der Waals surface area contributed by atoms with E-state index in [1.54, 1.807) is 24.3 Å². The maximum absolute atomic E-state index is 12.6. The van der Waals surface area contributed by atoms with E-state index < -0.39 is 10.0 Å². The highest BCUT2D eigenvalue weighted by Gasteiger charge is 2.17. The van der Waals surface area contributed by atoms with E-state index in [2.05, 4.69) is 24.9 Å². The molecular weight excluding hydrogens is 469 g/mol. The van der Waals surface area contributed by atoms with Crippen LogP contribution in [-0.4, -0.2) is 31.5 Å². The molecule has 2 N–H and O–H groups in total. The number of hydrogen-bond acceptors (Lipinski definition) is 6. The van der Waals surface area contributed by atoms with Crippen LogP contribution < -0.4 is 14.9 Å². The zero-order chi connectivity index (χ0) is 22.7. The Morgan fingerprint density at radius 1 is 0.875 bits per heavy atom. The lowest BCUT2D eigenvalue weighted by Crippen LogP contribution is -2.31. The van der Waals surface area contributed by atoms with E-state index in [0.717, 1.165) is 43.3 Å². The Morgan fingerprint density at radius 3 is 2.25 bits per heavy atom. The molecule has 1 aliphatic heterocycles. The van der Waals surface area contributed by atoms with E-state index in [1.807, 2.05) is 13.0 Å². The summed E-state index contributed by atoms with van der Waals surface area (Å²) in [5.74, 6) is 1.43. The van der Waals surface area contributed by atoms with E-state index in [1.165, 1.54) is 24.6 Å². The van der Waals surface area contributed by atoms with Crippen molar-refractivity contribution in [3.8, 4) is 0 Å². The first-order chi connectivity index (χ1) is 15.3. The molecule has 0 saturated carbocycles. The summed E-state index contributed by atoms with van der Waals surface area (Å²) in [6.07, 6.45) is 3.55. The zero-order valence-corrected chi connectivity index (χ0v) is 19.8. The van der Waals surface area contributed by atoms with Crippen LogP contribution in [0.15, 0.2) is 53.4 Å². The van der Waals surface area contributed by atoms with Crippen LogP contribution >= 0.6 is 23.2 Å². The fourth-order valence-electron chi connectivity index (χ4n) is 3.48. The molecule has 2 aromatic carbocycles. The second kappa shape index (κ2) is 9.52. The number of rotatable bonds is 6. The van der Waals surface area contributed by atoms with Crippen molar-refractivity contribution in [2.24, 2.45) is 0 Å². The molecule has 0 amide bonds. The lowest BCUT2D eigenvalue weighted by atomic mass is 10.1. The smallest absolute Gasteiger partial charge is 0.261 e. The molecule has 4 rings (SSSR count). The summed E-state index contributed by atoms with van der Waals surface area (Å²) < 4.78 is 27.8. The van der Waals surface area contributed by atoms with Gasteiger partial charge in [-0.2, -0.15) is 4.98 Å². The van der Waals surface area contributed by atoms with Gasteiger partial charge in [-0.1, -0.05) is 23.2 Å². The summed E-state index contributed by atoms with van der Waals surface area (Å²) in [6, 6.07) is 13.0. The van der Waals surface area contributed by atoms with Gasteiger partial charge in [0.15, 0.2) is 0 Å². The molecule has 168 valence electrons. The van der Waals surface area contributed by atoms with Crippen LogP contribution in [0.3, 0.4) is 0 Å². The summed E-state index contributed by atoms with van der Waals surface area (Å²) in [7, 11) is -3.79. The van der Waals surface area contributed by atoms with E-state index in [-0.39, 0.29) is 9.92 Å². The van der Waals surface area contributed by atoms with Gasteiger partial charge in [0, 0.05) is 36.2 Å². The first-order valence-corrected chi connectivity index (χ1v) is 12.5. The molecule has 2 heterocycles. The fourth-order valence-corrected chi connectivity index (χ4v) is 4.93. The molecule has 0 unspecified atom stereocenters. The Balaban J connectivity index is 1.47. The number of aryl methyl sites for hydroxylation is 1. The first kappa shape index (κ1) is 22.6. The minimum Gasteiger partial charge on any atom is -0.341 e. The predicted octanol–water partition coefficient (Wildman–Crippen LogP) is 5.63. The molecule has 0 spiro atoms. The topological polar surface area (TPSA) is 87.2 Å². The lowest BCUT2D eigenvalue weighted by molar-refractivity contribution is 0.568. The van der Waals surface area contributed by atoms with Crippen LogP contribution in [0.25, 0.3) is 0 Å². The first-order valence-electron chi connectivity index (χ1n) is 10.3.